The fourth-order valence-electron chi connectivity index (χ4n) is 2.39. The van der Waals surface area contributed by atoms with Gasteiger partial charge in [-0.05, 0) is 55.5 Å². The summed E-state index contributed by atoms with van der Waals surface area (Å²) < 4.78 is 10.0. The lowest BCUT2D eigenvalue weighted by Crippen LogP contribution is -2.36. The molecule has 0 aromatic heterocycles. The summed E-state index contributed by atoms with van der Waals surface area (Å²) in [6.07, 6.45) is 0. The predicted octanol–water partition coefficient (Wildman–Crippen LogP) is 2.86. The first-order chi connectivity index (χ1) is 12.9. The highest BCUT2D eigenvalue weighted by atomic mass is 16.5. The molecule has 2 aromatic rings. The summed E-state index contributed by atoms with van der Waals surface area (Å²) in [5, 5.41) is 2.73. The van der Waals surface area contributed by atoms with Crippen molar-refractivity contribution >= 4 is 29.2 Å². The first kappa shape index (κ1) is 20.0. The van der Waals surface area contributed by atoms with Gasteiger partial charge in [0, 0.05) is 18.3 Å². The van der Waals surface area contributed by atoms with E-state index in [9.17, 15) is 14.4 Å². The van der Waals surface area contributed by atoms with Crippen LogP contribution in [0.25, 0.3) is 0 Å². The SMILES string of the molecule is CCOC(=O)c1ccc(N(CC(=O)Nc2ccc(OC)cc2)C(C)=O)cc1. The van der Waals surface area contributed by atoms with E-state index in [1.165, 1.54) is 11.8 Å². The number of carbonyl (C=O) groups is 3. The molecule has 0 aliphatic carbocycles. The van der Waals surface area contributed by atoms with E-state index in [0.717, 1.165) is 0 Å². The Morgan fingerprint density at radius 2 is 1.63 bits per heavy atom. The summed E-state index contributed by atoms with van der Waals surface area (Å²) in [6, 6.07) is 13.2. The smallest absolute Gasteiger partial charge is 0.338 e. The second-order valence-electron chi connectivity index (χ2n) is 5.65. The zero-order valence-corrected chi connectivity index (χ0v) is 15.5. The average Bonchev–Trinajstić information content (AvgIpc) is 2.67. The molecule has 0 saturated heterocycles. The van der Waals surface area contributed by atoms with E-state index in [4.69, 9.17) is 9.47 Å². The number of anilines is 2. The lowest BCUT2D eigenvalue weighted by molar-refractivity contribution is -0.120. The topological polar surface area (TPSA) is 84.9 Å². The summed E-state index contributed by atoms with van der Waals surface area (Å²) in [5.74, 6) is -0.385. The van der Waals surface area contributed by atoms with E-state index >= 15 is 0 Å². The second kappa shape index (κ2) is 9.38. The van der Waals surface area contributed by atoms with E-state index in [1.807, 2.05) is 0 Å². The quantitative estimate of drug-likeness (QED) is 0.758. The van der Waals surface area contributed by atoms with Crippen molar-refractivity contribution in [2.24, 2.45) is 0 Å². The maximum atomic E-state index is 12.3. The number of ether oxygens (including phenoxy) is 2. The maximum Gasteiger partial charge on any atom is 0.338 e. The molecule has 0 radical (unpaired) electrons. The van der Waals surface area contributed by atoms with Crippen molar-refractivity contribution in [3.8, 4) is 5.75 Å². The van der Waals surface area contributed by atoms with Gasteiger partial charge in [0.05, 0.1) is 19.3 Å². The number of nitrogens with one attached hydrogen (secondary N) is 1. The van der Waals surface area contributed by atoms with Crippen LogP contribution in [0.15, 0.2) is 48.5 Å². The van der Waals surface area contributed by atoms with Gasteiger partial charge in [-0.15, -0.1) is 0 Å². The van der Waals surface area contributed by atoms with Crippen molar-refractivity contribution in [1.82, 2.24) is 0 Å². The number of esters is 1. The van der Waals surface area contributed by atoms with Crippen molar-refractivity contribution < 1.29 is 23.9 Å². The number of amides is 2. The molecule has 0 atom stereocenters. The molecule has 0 aliphatic rings. The molecule has 1 N–H and O–H groups in total. The van der Waals surface area contributed by atoms with Crippen LogP contribution in [0.4, 0.5) is 11.4 Å². The van der Waals surface area contributed by atoms with Gasteiger partial charge in [0.2, 0.25) is 11.8 Å². The minimum Gasteiger partial charge on any atom is -0.497 e. The standard InChI is InChI=1S/C20H22N2O5/c1-4-27-20(25)15-5-9-17(10-6-15)22(14(2)23)13-19(24)21-16-7-11-18(26-3)12-8-16/h5-12H,4,13H2,1-3H3,(H,21,24). The van der Waals surface area contributed by atoms with Crippen LogP contribution >= 0.6 is 0 Å². The zero-order valence-electron chi connectivity index (χ0n) is 15.5. The fourth-order valence-corrected chi connectivity index (χ4v) is 2.39. The lowest BCUT2D eigenvalue weighted by atomic mass is 10.2. The predicted molar refractivity (Wildman–Crippen MR) is 102 cm³/mol. The minimum atomic E-state index is -0.435. The maximum absolute atomic E-state index is 12.3. The van der Waals surface area contributed by atoms with E-state index in [2.05, 4.69) is 5.32 Å². The molecule has 7 nitrogen and oxygen atoms in total. The molecule has 0 aliphatic heterocycles. The van der Waals surface area contributed by atoms with Gasteiger partial charge in [-0.25, -0.2) is 4.79 Å². The van der Waals surface area contributed by atoms with Gasteiger partial charge in [0.25, 0.3) is 0 Å². The summed E-state index contributed by atoms with van der Waals surface area (Å²) in [6.45, 7) is 3.23. The molecular weight excluding hydrogens is 348 g/mol. The Kier molecular flexibility index (Phi) is 6.93. The Morgan fingerprint density at radius 1 is 1.00 bits per heavy atom. The van der Waals surface area contributed by atoms with E-state index < -0.39 is 5.97 Å². The molecule has 0 bridgehead atoms. The van der Waals surface area contributed by atoms with Gasteiger partial charge < -0.3 is 19.7 Å². The Balaban J connectivity index is 2.06. The third kappa shape index (κ3) is 5.57. The van der Waals surface area contributed by atoms with Gasteiger partial charge in [-0.3, -0.25) is 9.59 Å². The highest BCUT2D eigenvalue weighted by Gasteiger charge is 2.17. The van der Waals surface area contributed by atoms with Crippen LogP contribution in [0.1, 0.15) is 24.2 Å². The van der Waals surface area contributed by atoms with Gasteiger partial charge in [-0.1, -0.05) is 0 Å². The summed E-state index contributed by atoms with van der Waals surface area (Å²) in [4.78, 5) is 37.3. The van der Waals surface area contributed by atoms with E-state index in [-0.39, 0.29) is 25.0 Å². The summed E-state index contributed by atoms with van der Waals surface area (Å²) in [7, 11) is 1.56. The van der Waals surface area contributed by atoms with Crippen molar-refractivity contribution in [3.63, 3.8) is 0 Å². The number of benzene rings is 2. The van der Waals surface area contributed by atoms with Crippen LogP contribution in [0, 0.1) is 0 Å². The molecule has 0 spiro atoms. The second-order valence-corrected chi connectivity index (χ2v) is 5.65. The van der Waals surface area contributed by atoms with Gasteiger partial charge in [0.1, 0.15) is 12.3 Å². The van der Waals surface area contributed by atoms with Crippen LogP contribution in [-0.2, 0) is 14.3 Å². The molecule has 2 amide bonds. The van der Waals surface area contributed by atoms with Gasteiger partial charge in [0.15, 0.2) is 0 Å². The van der Waals surface area contributed by atoms with E-state index in [0.29, 0.717) is 22.7 Å². The molecular formula is C20H22N2O5. The molecule has 7 heteroatoms. The molecule has 0 heterocycles. The molecule has 0 saturated carbocycles. The van der Waals surface area contributed by atoms with Crippen molar-refractivity contribution in [1.29, 1.82) is 0 Å². The first-order valence-electron chi connectivity index (χ1n) is 8.43. The van der Waals surface area contributed by atoms with E-state index in [1.54, 1.807) is 62.6 Å². The summed E-state index contributed by atoms with van der Waals surface area (Å²) >= 11 is 0. The number of methoxy groups -OCH3 is 1. The molecule has 2 rings (SSSR count). The number of hydrogen-bond acceptors (Lipinski definition) is 5. The Labute approximate surface area is 157 Å². The molecule has 2 aromatic carbocycles. The first-order valence-corrected chi connectivity index (χ1v) is 8.43. The normalized spacial score (nSPS) is 10.0. The summed E-state index contributed by atoms with van der Waals surface area (Å²) in [5.41, 5.74) is 1.49. The van der Waals surface area contributed by atoms with Crippen LogP contribution in [0.2, 0.25) is 0 Å². The average molecular weight is 370 g/mol. The minimum absolute atomic E-state index is 0.153. The highest BCUT2D eigenvalue weighted by molar-refractivity contribution is 6.02. The fraction of sp³-hybridized carbons (Fsp3) is 0.250. The Morgan fingerprint density at radius 3 is 2.15 bits per heavy atom. The monoisotopic (exact) mass is 370 g/mol. The molecule has 142 valence electrons. The zero-order chi connectivity index (χ0) is 19.8. The Hall–Kier alpha value is -3.35. The van der Waals surface area contributed by atoms with Crippen LogP contribution < -0.4 is 15.0 Å². The van der Waals surface area contributed by atoms with Gasteiger partial charge >= 0.3 is 5.97 Å². The number of carbonyl (C=O) groups excluding carboxylic acids is 3. The molecule has 0 unspecified atom stereocenters. The third-order valence-corrected chi connectivity index (χ3v) is 3.75. The Bertz CT molecular complexity index is 800. The number of rotatable bonds is 7. The van der Waals surface area contributed by atoms with Crippen molar-refractivity contribution in [3.05, 3.63) is 54.1 Å². The number of nitrogens with zero attached hydrogens (tertiary/aromatic N) is 1. The van der Waals surface area contributed by atoms with Crippen molar-refractivity contribution in [2.75, 3.05) is 30.5 Å². The van der Waals surface area contributed by atoms with Crippen molar-refractivity contribution in [2.45, 2.75) is 13.8 Å². The largest absolute Gasteiger partial charge is 0.497 e. The molecule has 27 heavy (non-hydrogen) atoms. The third-order valence-electron chi connectivity index (χ3n) is 3.75. The highest BCUT2D eigenvalue weighted by Crippen LogP contribution is 2.18. The lowest BCUT2D eigenvalue weighted by Gasteiger charge is -2.21. The van der Waals surface area contributed by atoms with Crippen LogP contribution in [0.5, 0.6) is 5.75 Å². The molecule has 0 fully saturated rings. The van der Waals surface area contributed by atoms with Crippen LogP contribution in [0.3, 0.4) is 0 Å². The number of hydrogen-bond donors (Lipinski definition) is 1. The van der Waals surface area contributed by atoms with Gasteiger partial charge in [-0.2, -0.15) is 0 Å². The van der Waals surface area contributed by atoms with Crippen LogP contribution in [-0.4, -0.2) is 38.0 Å².